The van der Waals surface area contributed by atoms with Crippen LogP contribution >= 0.6 is 0 Å². The van der Waals surface area contributed by atoms with Gasteiger partial charge in [0.2, 0.25) is 11.8 Å². The van der Waals surface area contributed by atoms with E-state index < -0.39 is 23.3 Å². The van der Waals surface area contributed by atoms with Crippen molar-refractivity contribution in [1.82, 2.24) is 10.6 Å². The molecule has 0 saturated carbocycles. The minimum atomic E-state index is -4.39. The van der Waals surface area contributed by atoms with Crippen LogP contribution < -0.4 is 10.6 Å². The van der Waals surface area contributed by atoms with Gasteiger partial charge >= 0.3 is 6.18 Å². The molecule has 1 aromatic carbocycles. The van der Waals surface area contributed by atoms with Gasteiger partial charge in [-0.2, -0.15) is 13.2 Å². The Bertz CT molecular complexity index is 594. The molecule has 0 spiro atoms. The summed E-state index contributed by atoms with van der Waals surface area (Å²) in [7, 11) is 0. The van der Waals surface area contributed by atoms with Gasteiger partial charge in [0.05, 0.1) is 11.1 Å². The van der Waals surface area contributed by atoms with Crippen molar-refractivity contribution in [3.05, 3.63) is 35.4 Å². The molecule has 1 saturated heterocycles. The van der Waals surface area contributed by atoms with Crippen molar-refractivity contribution in [2.45, 2.75) is 50.9 Å². The maximum absolute atomic E-state index is 12.6. The lowest BCUT2D eigenvalue weighted by Gasteiger charge is -2.31. The van der Waals surface area contributed by atoms with E-state index in [4.69, 9.17) is 0 Å². The Kier molecular flexibility index (Phi) is 4.68. The summed E-state index contributed by atoms with van der Waals surface area (Å²) in [5, 5.41) is 5.41. The van der Waals surface area contributed by atoms with E-state index >= 15 is 0 Å². The van der Waals surface area contributed by atoms with Gasteiger partial charge in [0.1, 0.15) is 6.04 Å². The fraction of sp³-hybridized carbons (Fsp3) is 0.500. The molecule has 1 heterocycles. The number of rotatable bonds is 3. The van der Waals surface area contributed by atoms with Crippen LogP contribution in [0.5, 0.6) is 0 Å². The monoisotopic (exact) mass is 328 g/mol. The zero-order valence-corrected chi connectivity index (χ0v) is 13.0. The smallest absolute Gasteiger partial charge is 0.345 e. The molecule has 4 nitrogen and oxygen atoms in total. The highest BCUT2D eigenvalue weighted by Gasteiger charge is 2.32. The summed E-state index contributed by atoms with van der Waals surface area (Å²) in [6, 6.07) is 4.09. The maximum Gasteiger partial charge on any atom is 0.416 e. The summed E-state index contributed by atoms with van der Waals surface area (Å²) in [6.07, 6.45) is -2.78. The second-order valence-electron chi connectivity index (χ2n) is 6.20. The van der Waals surface area contributed by atoms with Crippen LogP contribution in [0.3, 0.4) is 0 Å². The predicted molar refractivity (Wildman–Crippen MR) is 78.4 cm³/mol. The van der Waals surface area contributed by atoms with Crippen LogP contribution in [0.1, 0.15) is 44.2 Å². The van der Waals surface area contributed by atoms with Crippen LogP contribution in [-0.4, -0.2) is 17.9 Å². The Morgan fingerprint density at radius 1 is 1.17 bits per heavy atom. The second kappa shape index (κ2) is 6.22. The third-order valence-electron chi connectivity index (χ3n) is 3.92. The molecule has 0 aliphatic carbocycles. The van der Waals surface area contributed by atoms with E-state index in [9.17, 15) is 22.8 Å². The minimum absolute atomic E-state index is 0.163. The van der Waals surface area contributed by atoms with E-state index in [1.54, 1.807) is 13.8 Å². The molecule has 126 valence electrons. The summed E-state index contributed by atoms with van der Waals surface area (Å²) in [5.41, 5.74) is -1.02. The van der Waals surface area contributed by atoms with Gasteiger partial charge in [0.15, 0.2) is 0 Å². The van der Waals surface area contributed by atoms with Crippen molar-refractivity contribution < 1.29 is 22.8 Å². The highest BCUT2D eigenvalue weighted by atomic mass is 19.4. The molecule has 1 aliphatic rings. The largest absolute Gasteiger partial charge is 0.416 e. The number of amides is 2. The molecule has 1 aromatic rings. The summed E-state index contributed by atoms with van der Waals surface area (Å²) in [4.78, 5) is 23.6. The van der Waals surface area contributed by atoms with Gasteiger partial charge in [-0.1, -0.05) is 12.1 Å². The Labute approximate surface area is 132 Å². The standard InChI is InChI=1S/C16H19F3N2O2/c1-15(2,10-6-8-11(9-7-10)16(17,18)19)21-14(23)12-4-3-5-13(22)20-12/h6-9,12H,3-5H2,1-2H3,(H,20,22)(H,21,23)/t12-/m1/s1. The predicted octanol–water partition coefficient (Wildman–Crippen LogP) is 2.73. The van der Waals surface area contributed by atoms with Gasteiger partial charge < -0.3 is 10.6 Å². The Hall–Kier alpha value is -2.05. The highest BCUT2D eigenvalue weighted by Crippen LogP contribution is 2.31. The second-order valence-corrected chi connectivity index (χ2v) is 6.20. The first-order chi connectivity index (χ1) is 10.6. The van der Waals surface area contributed by atoms with E-state index in [1.165, 1.54) is 12.1 Å². The number of halogens is 3. The Morgan fingerprint density at radius 3 is 2.26 bits per heavy atom. The Balaban J connectivity index is 2.08. The number of piperidine rings is 1. The van der Waals surface area contributed by atoms with Crippen LogP contribution in [0.2, 0.25) is 0 Å². The average Bonchev–Trinajstić information content (AvgIpc) is 2.46. The number of benzene rings is 1. The quantitative estimate of drug-likeness (QED) is 0.896. The van der Waals surface area contributed by atoms with Crippen molar-refractivity contribution in [3.8, 4) is 0 Å². The van der Waals surface area contributed by atoms with Gasteiger partial charge in [0, 0.05) is 6.42 Å². The van der Waals surface area contributed by atoms with Crippen LogP contribution in [0.25, 0.3) is 0 Å². The number of hydrogen-bond acceptors (Lipinski definition) is 2. The first-order valence-corrected chi connectivity index (χ1v) is 7.39. The molecule has 2 N–H and O–H groups in total. The molecule has 2 amide bonds. The molecule has 0 bridgehead atoms. The zero-order chi connectivity index (χ0) is 17.3. The minimum Gasteiger partial charge on any atom is -0.345 e. The highest BCUT2D eigenvalue weighted by molar-refractivity contribution is 5.89. The summed E-state index contributed by atoms with van der Waals surface area (Å²) in [5.74, 6) is -0.494. The van der Waals surface area contributed by atoms with Gasteiger partial charge in [0.25, 0.3) is 0 Å². The maximum atomic E-state index is 12.6. The first kappa shape index (κ1) is 17.3. The molecule has 1 fully saturated rings. The first-order valence-electron chi connectivity index (χ1n) is 7.39. The van der Waals surface area contributed by atoms with E-state index in [-0.39, 0.29) is 11.8 Å². The SMILES string of the molecule is CC(C)(NC(=O)[C@H]1CCCC(=O)N1)c1ccc(C(F)(F)F)cc1. The molecule has 1 aliphatic heterocycles. The van der Waals surface area contributed by atoms with E-state index in [2.05, 4.69) is 10.6 Å². The van der Waals surface area contributed by atoms with Crippen LogP contribution in [0.15, 0.2) is 24.3 Å². The van der Waals surface area contributed by atoms with Crippen molar-refractivity contribution in [1.29, 1.82) is 0 Å². The van der Waals surface area contributed by atoms with Crippen LogP contribution in [0.4, 0.5) is 13.2 Å². The molecule has 0 aromatic heterocycles. The number of carbonyl (C=O) groups excluding carboxylic acids is 2. The fourth-order valence-corrected chi connectivity index (χ4v) is 2.55. The molecule has 0 radical (unpaired) electrons. The molecular formula is C16H19F3N2O2. The van der Waals surface area contributed by atoms with E-state index in [0.717, 1.165) is 12.1 Å². The zero-order valence-electron chi connectivity index (χ0n) is 13.0. The van der Waals surface area contributed by atoms with Crippen LogP contribution in [-0.2, 0) is 21.3 Å². The van der Waals surface area contributed by atoms with E-state index in [0.29, 0.717) is 24.8 Å². The molecule has 23 heavy (non-hydrogen) atoms. The topological polar surface area (TPSA) is 58.2 Å². The van der Waals surface area contributed by atoms with Gasteiger partial charge in [-0.05, 0) is 44.4 Å². The molecule has 1 atom stereocenters. The summed E-state index contributed by atoms with van der Waals surface area (Å²) < 4.78 is 37.8. The fourth-order valence-electron chi connectivity index (χ4n) is 2.55. The molecule has 0 unspecified atom stereocenters. The normalized spacial score (nSPS) is 19.2. The van der Waals surface area contributed by atoms with Crippen molar-refractivity contribution >= 4 is 11.8 Å². The molecule has 7 heteroatoms. The number of carbonyl (C=O) groups is 2. The summed E-state index contributed by atoms with van der Waals surface area (Å²) >= 11 is 0. The number of hydrogen-bond donors (Lipinski definition) is 2. The lowest BCUT2D eigenvalue weighted by Crippen LogP contribution is -2.53. The third kappa shape index (κ3) is 4.24. The van der Waals surface area contributed by atoms with Gasteiger partial charge in [-0.15, -0.1) is 0 Å². The molecular weight excluding hydrogens is 309 g/mol. The van der Waals surface area contributed by atoms with Crippen molar-refractivity contribution in [3.63, 3.8) is 0 Å². The average molecular weight is 328 g/mol. The lowest BCUT2D eigenvalue weighted by molar-refractivity contribution is -0.137. The van der Waals surface area contributed by atoms with Gasteiger partial charge in [-0.3, -0.25) is 9.59 Å². The lowest BCUT2D eigenvalue weighted by atomic mass is 9.92. The number of alkyl halides is 3. The Morgan fingerprint density at radius 2 is 1.74 bits per heavy atom. The van der Waals surface area contributed by atoms with Gasteiger partial charge in [-0.25, -0.2) is 0 Å². The van der Waals surface area contributed by atoms with Crippen LogP contribution in [0, 0.1) is 0 Å². The van der Waals surface area contributed by atoms with Crippen molar-refractivity contribution in [2.24, 2.45) is 0 Å². The van der Waals surface area contributed by atoms with Crippen molar-refractivity contribution in [2.75, 3.05) is 0 Å². The molecule has 2 rings (SSSR count). The number of nitrogens with one attached hydrogen (secondary N) is 2. The third-order valence-corrected chi connectivity index (χ3v) is 3.92. The van der Waals surface area contributed by atoms with E-state index in [1.807, 2.05) is 0 Å². The summed E-state index contributed by atoms with van der Waals surface area (Å²) in [6.45, 7) is 3.41.